The molecule has 1 fully saturated rings. The molecule has 20 heavy (non-hydrogen) atoms. The van der Waals surface area contributed by atoms with Crippen molar-refractivity contribution in [3.05, 3.63) is 29.8 Å². The van der Waals surface area contributed by atoms with Crippen LogP contribution in [0.15, 0.2) is 24.3 Å². The van der Waals surface area contributed by atoms with E-state index in [9.17, 15) is 4.79 Å². The van der Waals surface area contributed by atoms with Crippen molar-refractivity contribution in [2.45, 2.75) is 37.6 Å². The summed E-state index contributed by atoms with van der Waals surface area (Å²) in [5, 5.41) is 0. The fourth-order valence-corrected chi connectivity index (χ4v) is 3.20. The molecule has 1 aliphatic carbocycles. The number of rotatable bonds is 4. The number of methoxy groups -OCH3 is 2. The Hall–Kier alpha value is -1.55. The monoisotopic (exact) mass is 277 g/mol. The molecule has 0 aliphatic heterocycles. The summed E-state index contributed by atoms with van der Waals surface area (Å²) >= 11 is 0. The second-order valence-electron chi connectivity index (χ2n) is 5.43. The van der Waals surface area contributed by atoms with E-state index in [1.807, 2.05) is 12.1 Å². The molecule has 0 heterocycles. The zero-order valence-corrected chi connectivity index (χ0v) is 12.2. The van der Waals surface area contributed by atoms with Gasteiger partial charge in [-0.25, -0.2) is 0 Å². The van der Waals surface area contributed by atoms with Gasteiger partial charge in [0.2, 0.25) is 0 Å². The van der Waals surface area contributed by atoms with Crippen molar-refractivity contribution in [3.8, 4) is 5.75 Å². The van der Waals surface area contributed by atoms with Crippen LogP contribution in [0, 0.1) is 5.92 Å². The van der Waals surface area contributed by atoms with Crippen LogP contribution in [-0.2, 0) is 9.53 Å². The average Bonchev–Trinajstić information content (AvgIpc) is 2.47. The molecule has 0 aromatic heterocycles. The third-order valence-electron chi connectivity index (χ3n) is 4.24. The first-order chi connectivity index (χ1) is 9.65. The van der Waals surface area contributed by atoms with E-state index in [0.29, 0.717) is 6.42 Å². The molecule has 0 spiro atoms. The Morgan fingerprint density at radius 2 is 1.95 bits per heavy atom. The van der Waals surface area contributed by atoms with Crippen LogP contribution < -0.4 is 10.5 Å². The molecule has 1 aromatic rings. The molecule has 4 heteroatoms. The Labute approximate surface area is 120 Å². The van der Waals surface area contributed by atoms with Gasteiger partial charge in [-0.1, -0.05) is 18.6 Å². The lowest BCUT2D eigenvalue weighted by atomic mass is 9.71. The summed E-state index contributed by atoms with van der Waals surface area (Å²) in [6, 6.07) is 8.11. The van der Waals surface area contributed by atoms with Crippen LogP contribution >= 0.6 is 0 Å². The maximum Gasteiger partial charge on any atom is 0.305 e. The van der Waals surface area contributed by atoms with Gasteiger partial charge in [0.05, 0.1) is 14.2 Å². The van der Waals surface area contributed by atoms with Crippen molar-refractivity contribution in [1.29, 1.82) is 0 Å². The maximum atomic E-state index is 11.6. The van der Waals surface area contributed by atoms with Gasteiger partial charge in [-0.3, -0.25) is 4.79 Å². The fourth-order valence-electron chi connectivity index (χ4n) is 3.20. The zero-order valence-electron chi connectivity index (χ0n) is 12.2. The van der Waals surface area contributed by atoms with Gasteiger partial charge in [-0.2, -0.15) is 0 Å². The summed E-state index contributed by atoms with van der Waals surface area (Å²) in [6.07, 6.45) is 3.56. The Balaban J connectivity index is 2.19. The van der Waals surface area contributed by atoms with E-state index in [1.165, 1.54) is 12.7 Å². The molecule has 2 N–H and O–H groups in total. The van der Waals surface area contributed by atoms with Crippen LogP contribution in [0.4, 0.5) is 0 Å². The fraction of sp³-hybridized carbons (Fsp3) is 0.562. The van der Waals surface area contributed by atoms with E-state index in [2.05, 4.69) is 12.1 Å². The van der Waals surface area contributed by atoms with Gasteiger partial charge in [-0.15, -0.1) is 0 Å². The minimum absolute atomic E-state index is 0.104. The third-order valence-corrected chi connectivity index (χ3v) is 4.24. The van der Waals surface area contributed by atoms with Crippen LogP contribution in [-0.4, -0.2) is 26.2 Å². The van der Waals surface area contributed by atoms with Crippen LogP contribution in [0.5, 0.6) is 5.75 Å². The van der Waals surface area contributed by atoms with Gasteiger partial charge in [0.25, 0.3) is 0 Å². The number of esters is 1. The summed E-state index contributed by atoms with van der Waals surface area (Å²) in [5.74, 6) is 1.17. The molecule has 0 bridgehead atoms. The summed E-state index contributed by atoms with van der Waals surface area (Å²) in [4.78, 5) is 11.6. The largest absolute Gasteiger partial charge is 0.497 e. The van der Waals surface area contributed by atoms with Crippen molar-refractivity contribution in [3.63, 3.8) is 0 Å². The number of nitrogens with two attached hydrogens (primary N) is 1. The Bertz CT molecular complexity index is 444. The number of hydrogen-bond acceptors (Lipinski definition) is 4. The number of carbonyl (C=O) groups excluding carboxylic acids is 1. The zero-order chi connectivity index (χ0) is 14.5. The standard InChI is InChI=1S/C16H23NO3/c1-19-13-8-6-11(7-9-13)16-12(10-15(18)20-2)4-3-5-14(16)17/h6-9,12,14,16H,3-5,10,17H2,1-2H3. The molecule has 0 radical (unpaired) electrons. The second kappa shape index (κ2) is 6.75. The Morgan fingerprint density at radius 1 is 1.25 bits per heavy atom. The summed E-state index contributed by atoms with van der Waals surface area (Å²) in [6.45, 7) is 0. The first kappa shape index (κ1) is 14.9. The lowest BCUT2D eigenvalue weighted by Crippen LogP contribution is -2.38. The van der Waals surface area contributed by atoms with Gasteiger partial charge in [-0.05, 0) is 36.5 Å². The average molecular weight is 277 g/mol. The maximum absolute atomic E-state index is 11.6. The number of carbonyl (C=O) groups is 1. The first-order valence-corrected chi connectivity index (χ1v) is 7.12. The van der Waals surface area contributed by atoms with Crippen LogP contribution in [0.3, 0.4) is 0 Å². The highest BCUT2D eigenvalue weighted by Crippen LogP contribution is 2.39. The minimum Gasteiger partial charge on any atom is -0.497 e. The molecule has 3 unspecified atom stereocenters. The van der Waals surface area contributed by atoms with Crippen LogP contribution in [0.2, 0.25) is 0 Å². The predicted molar refractivity (Wildman–Crippen MR) is 77.7 cm³/mol. The highest BCUT2D eigenvalue weighted by molar-refractivity contribution is 5.69. The van der Waals surface area contributed by atoms with E-state index in [1.54, 1.807) is 7.11 Å². The van der Waals surface area contributed by atoms with Gasteiger partial charge < -0.3 is 15.2 Å². The van der Waals surface area contributed by atoms with Crippen LogP contribution in [0.25, 0.3) is 0 Å². The SMILES string of the molecule is COC(=O)CC1CCCC(N)C1c1ccc(OC)cc1. The molecular weight excluding hydrogens is 254 g/mol. The van der Waals surface area contributed by atoms with Crippen molar-refractivity contribution in [2.24, 2.45) is 11.7 Å². The lowest BCUT2D eigenvalue weighted by molar-refractivity contribution is -0.142. The molecule has 3 atom stereocenters. The number of ether oxygens (including phenoxy) is 2. The van der Waals surface area contributed by atoms with E-state index < -0.39 is 0 Å². The third kappa shape index (κ3) is 3.31. The smallest absolute Gasteiger partial charge is 0.305 e. The molecule has 2 rings (SSSR count). The highest BCUT2D eigenvalue weighted by atomic mass is 16.5. The molecule has 0 amide bonds. The normalized spacial score (nSPS) is 26.1. The lowest BCUT2D eigenvalue weighted by Gasteiger charge is -2.36. The number of benzene rings is 1. The van der Waals surface area contributed by atoms with Gasteiger partial charge >= 0.3 is 5.97 Å². The first-order valence-electron chi connectivity index (χ1n) is 7.12. The summed E-state index contributed by atoms with van der Waals surface area (Å²) in [5.41, 5.74) is 7.49. The van der Waals surface area contributed by atoms with Crippen molar-refractivity contribution in [1.82, 2.24) is 0 Å². The van der Waals surface area contributed by atoms with E-state index in [-0.39, 0.29) is 23.8 Å². The van der Waals surface area contributed by atoms with Crippen LogP contribution in [0.1, 0.15) is 37.2 Å². The second-order valence-corrected chi connectivity index (χ2v) is 5.43. The molecule has 4 nitrogen and oxygen atoms in total. The minimum atomic E-state index is -0.150. The van der Waals surface area contributed by atoms with E-state index in [0.717, 1.165) is 25.0 Å². The summed E-state index contributed by atoms with van der Waals surface area (Å²) < 4.78 is 10.00. The molecule has 0 saturated heterocycles. The van der Waals surface area contributed by atoms with Gasteiger partial charge in [0, 0.05) is 18.4 Å². The molecule has 1 aliphatic rings. The molecular formula is C16H23NO3. The van der Waals surface area contributed by atoms with Gasteiger partial charge in [0.15, 0.2) is 0 Å². The molecule has 1 aromatic carbocycles. The summed E-state index contributed by atoms with van der Waals surface area (Å²) in [7, 11) is 3.09. The van der Waals surface area contributed by atoms with Gasteiger partial charge in [0.1, 0.15) is 5.75 Å². The molecule has 110 valence electrons. The van der Waals surface area contributed by atoms with Crippen molar-refractivity contribution < 1.29 is 14.3 Å². The quantitative estimate of drug-likeness (QED) is 0.859. The highest BCUT2D eigenvalue weighted by Gasteiger charge is 2.33. The van der Waals surface area contributed by atoms with Crippen molar-refractivity contribution >= 4 is 5.97 Å². The van der Waals surface area contributed by atoms with E-state index >= 15 is 0 Å². The predicted octanol–water partition coefficient (Wildman–Crippen LogP) is 2.47. The van der Waals surface area contributed by atoms with Crippen molar-refractivity contribution in [2.75, 3.05) is 14.2 Å². The van der Waals surface area contributed by atoms with E-state index in [4.69, 9.17) is 15.2 Å². The molecule has 1 saturated carbocycles. The Morgan fingerprint density at radius 3 is 2.55 bits per heavy atom. The number of hydrogen-bond donors (Lipinski definition) is 1. The topological polar surface area (TPSA) is 61.5 Å². The Kier molecular flexibility index (Phi) is 5.01.